The van der Waals surface area contributed by atoms with Crippen molar-refractivity contribution in [3.63, 3.8) is 0 Å². The largest absolute Gasteiger partial charge is 0.482 e. The van der Waals surface area contributed by atoms with E-state index in [1.807, 2.05) is 0 Å². The number of carbonyl (C=O) groups excluding carboxylic acids is 1. The molecule has 0 heterocycles. The fourth-order valence-corrected chi connectivity index (χ4v) is 1.04. The summed E-state index contributed by atoms with van der Waals surface area (Å²) < 4.78 is 4.92. The summed E-state index contributed by atoms with van der Waals surface area (Å²) in [5.41, 5.74) is 0.577. The first kappa shape index (κ1) is 12.3. The molecule has 5 nitrogen and oxygen atoms in total. The number of carbonyl (C=O) groups is 2. The molecule has 0 saturated carbocycles. The third-order valence-electron chi connectivity index (χ3n) is 1.62. The van der Waals surface area contributed by atoms with Crippen LogP contribution in [0.1, 0.15) is 0 Å². The average Bonchev–Trinajstić information content (AvgIpc) is 2.28. The number of hydrogen-bond acceptors (Lipinski definition) is 3. The number of amides is 1. The molecule has 0 unspecified atom stereocenters. The molecule has 86 valence electrons. The number of alkyl halides is 1. The smallest absolute Gasteiger partial charge is 0.341 e. The summed E-state index contributed by atoms with van der Waals surface area (Å²) in [6, 6.07) is 6.32. The van der Waals surface area contributed by atoms with E-state index >= 15 is 0 Å². The molecule has 1 amide bonds. The Kier molecular flexibility index (Phi) is 4.60. The van der Waals surface area contributed by atoms with E-state index in [0.717, 1.165) is 0 Å². The van der Waals surface area contributed by atoms with Crippen molar-refractivity contribution in [1.29, 1.82) is 0 Å². The summed E-state index contributed by atoms with van der Waals surface area (Å²) in [4.78, 5) is 21.2. The number of rotatable bonds is 5. The van der Waals surface area contributed by atoms with E-state index in [2.05, 4.69) is 5.32 Å². The van der Waals surface area contributed by atoms with E-state index in [9.17, 15) is 9.59 Å². The lowest BCUT2D eigenvalue weighted by molar-refractivity contribution is -0.139. The number of nitrogens with one attached hydrogen (secondary N) is 1. The highest BCUT2D eigenvalue weighted by Crippen LogP contribution is 2.15. The second-order valence-corrected chi connectivity index (χ2v) is 3.16. The molecule has 0 aliphatic heterocycles. The second kappa shape index (κ2) is 5.97. The summed E-state index contributed by atoms with van der Waals surface area (Å²) >= 11 is 5.32. The van der Waals surface area contributed by atoms with Crippen LogP contribution in [0.4, 0.5) is 5.69 Å². The molecule has 0 saturated heterocycles. The second-order valence-electron chi connectivity index (χ2n) is 2.89. The zero-order chi connectivity index (χ0) is 12.0. The normalized spacial score (nSPS) is 9.56. The molecule has 0 atom stereocenters. The molecule has 1 rings (SSSR count). The van der Waals surface area contributed by atoms with Gasteiger partial charge in [0.2, 0.25) is 5.91 Å². The fraction of sp³-hybridized carbons (Fsp3) is 0.200. The molecule has 1 aromatic carbocycles. The Balaban J connectivity index is 2.54. The van der Waals surface area contributed by atoms with Crippen molar-refractivity contribution in [3.05, 3.63) is 24.3 Å². The monoisotopic (exact) mass is 243 g/mol. The Hall–Kier alpha value is -1.75. The first-order chi connectivity index (χ1) is 7.61. The average molecular weight is 244 g/mol. The van der Waals surface area contributed by atoms with E-state index in [1.54, 1.807) is 24.3 Å². The van der Waals surface area contributed by atoms with Gasteiger partial charge in [-0.05, 0) is 24.3 Å². The van der Waals surface area contributed by atoms with Gasteiger partial charge in [-0.25, -0.2) is 4.79 Å². The minimum Gasteiger partial charge on any atom is -0.482 e. The van der Waals surface area contributed by atoms with Gasteiger partial charge in [-0.15, -0.1) is 11.6 Å². The van der Waals surface area contributed by atoms with Crippen molar-refractivity contribution in [2.45, 2.75) is 0 Å². The Morgan fingerprint density at radius 1 is 1.31 bits per heavy atom. The molecule has 0 aromatic heterocycles. The van der Waals surface area contributed by atoms with Crippen LogP contribution in [0.2, 0.25) is 0 Å². The molecule has 0 aliphatic rings. The number of benzene rings is 1. The summed E-state index contributed by atoms with van der Waals surface area (Å²) in [5, 5.41) is 10.9. The van der Waals surface area contributed by atoms with Crippen molar-refractivity contribution >= 4 is 29.2 Å². The Morgan fingerprint density at radius 3 is 2.44 bits per heavy atom. The Bertz CT molecular complexity index is 377. The molecule has 2 N–H and O–H groups in total. The number of ether oxygens (including phenoxy) is 1. The Labute approximate surface area is 97.0 Å². The molecule has 1 aromatic rings. The third kappa shape index (κ3) is 4.18. The van der Waals surface area contributed by atoms with Gasteiger partial charge in [-0.2, -0.15) is 0 Å². The van der Waals surface area contributed by atoms with Gasteiger partial charge in [0.05, 0.1) is 0 Å². The number of hydrogen-bond donors (Lipinski definition) is 2. The molecule has 16 heavy (non-hydrogen) atoms. The number of carboxylic acids is 1. The number of halogens is 1. The van der Waals surface area contributed by atoms with Crippen LogP contribution in [-0.2, 0) is 9.59 Å². The molecule has 0 aliphatic carbocycles. The van der Waals surface area contributed by atoms with Crippen LogP contribution in [0, 0.1) is 0 Å². The van der Waals surface area contributed by atoms with E-state index < -0.39 is 12.6 Å². The minimum atomic E-state index is -1.04. The predicted molar refractivity (Wildman–Crippen MR) is 58.9 cm³/mol. The molecule has 6 heteroatoms. The lowest BCUT2D eigenvalue weighted by Gasteiger charge is -2.05. The third-order valence-corrected chi connectivity index (χ3v) is 1.86. The predicted octanol–water partition coefficient (Wildman–Crippen LogP) is 1.33. The van der Waals surface area contributed by atoms with Crippen LogP contribution in [0.25, 0.3) is 0 Å². The summed E-state index contributed by atoms with van der Waals surface area (Å²) in [6.45, 7) is -0.395. The zero-order valence-electron chi connectivity index (χ0n) is 8.27. The first-order valence-electron chi connectivity index (χ1n) is 4.42. The fourth-order valence-electron chi connectivity index (χ4n) is 0.974. The first-order valence-corrected chi connectivity index (χ1v) is 4.95. The van der Waals surface area contributed by atoms with Gasteiger partial charge >= 0.3 is 5.97 Å². The molecular weight excluding hydrogens is 234 g/mol. The van der Waals surface area contributed by atoms with Gasteiger partial charge in [0.1, 0.15) is 11.6 Å². The maximum absolute atomic E-state index is 10.9. The van der Waals surface area contributed by atoms with Crippen LogP contribution in [0.3, 0.4) is 0 Å². The topological polar surface area (TPSA) is 75.6 Å². The molecule has 0 radical (unpaired) electrons. The summed E-state index contributed by atoms with van der Waals surface area (Å²) in [5.74, 6) is -1.04. The van der Waals surface area contributed by atoms with E-state index in [0.29, 0.717) is 11.4 Å². The van der Waals surface area contributed by atoms with Crippen molar-refractivity contribution in [3.8, 4) is 5.75 Å². The molecule has 0 spiro atoms. The molecular formula is C10H10ClNO4. The number of aliphatic carboxylic acids is 1. The summed E-state index contributed by atoms with van der Waals surface area (Å²) in [7, 11) is 0. The maximum Gasteiger partial charge on any atom is 0.341 e. The van der Waals surface area contributed by atoms with Gasteiger partial charge in [-0.1, -0.05) is 0 Å². The molecule has 0 fully saturated rings. The van der Waals surface area contributed by atoms with Crippen molar-refractivity contribution in [1.82, 2.24) is 0 Å². The van der Waals surface area contributed by atoms with E-state index in [4.69, 9.17) is 21.4 Å². The van der Waals surface area contributed by atoms with Crippen molar-refractivity contribution in [2.75, 3.05) is 17.8 Å². The van der Waals surface area contributed by atoms with Gasteiger partial charge in [-0.3, -0.25) is 4.79 Å². The van der Waals surface area contributed by atoms with Gasteiger partial charge < -0.3 is 15.2 Å². The van der Waals surface area contributed by atoms with Crippen molar-refractivity contribution < 1.29 is 19.4 Å². The van der Waals surface area contributed by atoms with Crippen LogP contribution >= 0.6 is 11.6 Å². The van der Waals surface area contributed by atoms with Crippen molar-refractivity contribution in [2.24, 2.45) is 0 Å². The standard InChI is InChI=1S/C10H10ClNO4/c11-5-9(13)12-7-1-3-8(4-2-7)16-6-10(14)15/h1-4H,5-6H2,(H,12,13)(H,14,15). The number of carboxylic acid groups (broad SMARTS) is 1. The van der Waals surface area contributed by atoms with E-state index in [-0.39, 0.29) is 11.8 Å². The quantitative estimate of drug-likeness (QED) is 0.765. The van der Waals surface area contributed by atoms with Gasteiger partial charge in [0.25, 0.3) is 0 Å². The lowest BCUT2D eigenvalue weighted by Crippen LogP contribution is -2.12. The highest BCUT2D eigenvalue weighted by molar-refractivity contribution is 6.29. The minimum absolute atomic E-state index is 0.114. The number of anilines is 1. The van der Waals surface area contributed by atoms with Crippen LogP contribution in [-0.4, -0.2) is 29.5 Å². The molecule has 0 bridgehead atoms. The Morgan fingerprint density at radius 2 is 1.94 bits per heavy atom. The lowest BCUT2D eigenvalue weighted by atomic mass is 10.3. The van der Waals surface area contributed by atoms with Crippen LogP contribution in [0.5, 0.6) is 5.75 Å². The van der Waals surface area contributed by atoms with Crippen LogP contribution < -0.4 is 10.1 Å². The highest BCUT2D eigenvalue weighted by Gasteiger charge is 2.01. The zero-order valence-corrected chi connectivity index (χ0v) is 9.03. The van der Waals surface area contributed by atoms with Gasteiger partial charge in [0.15, 0.2) is 6.61 Å². The van der Waals surface area contributed by atoms with E-state index in [1.165, 1.54) is 0 Å². The van der Waals surface area contributed by atoms with Crippen LogP contribution in [0.15, 0.2) is 24.3 Å². The highest BCUT2D eigenvalue weighted by atomic mass is 35.5. The SMILES string of the molecule is O=C(O)COc1ccc(NC(=O)CCl)cc1. The summed E-state index contributed by atoms with van der Waals surface area (Å²) in [6.07, 6.45) is 0. The van der Waals surface area contributed by atoms with Gasteiger partial charge in [0, 0.05) is 5.69 Å². The maximum atomic E-state index is 10.9.